The van der Waals surface area contributed by atoms with Gasteiger partial charge in [-0.3, -0.25) is 33.6 Å². The van der Waals surface area contributed by atoms with Crippen LogP contribution in [0.1, 0.15) is 85.1 Å². The highest BCUT2D eigenvalue weighted by Gasteiger charge is 2.35. The van der Waals surface area contributed by atoms with Crippen LogP contribution in [0.3, 0.4) is 0 Å². The Hall–Kier alpha value is -3.69. The molecule has 3 rings (SSSR count). The number of fused-ring (bicyclic) bond motifs is 1. The van der Waals surface area contributed by atoms with Crippen molar-refractivity contribution < 1.29 is 14.4 Å². The summed E-state index contributed by atoms with van der Waals surface area (Å²) in [5.41, 5.74) is 6.55. The molecule has 10 nitrogen and oxygen atoms in total. The van der Waals surface area contributed by atoms with E-state index in [4.69, 9.17) is 5.73 Å². The quantitative estimate of drug-likeness (QED) is 0.342. The number of aromatic nitrogens is 2. The van der Waals surface area contributed by atoms with Crippen molar-refractivity contribution in [2.45, 2.75) is 72.3 Å². The smallest absolute Gasteiger partial charge is 0.330 e. The number of aryl methyl sites for hydroxylation is 1. The summed E-state index contributed by atoms with van der Waals surface area (Å²) in [6.07, 6.45) is 4.20. The van der Waals surface area contributed by atoms with E-state index in [-0.39, 0.29) is 55.2 Å². The topological polar surface area (TPSA) is 139 Å². The number of carbonyl (C=O) groups excluding carboxylic acids is 3. The van der Waals surface area contributed by atoms with Gasteiger partial charge in [0.1, 0.15) is 5.82 Å². The standard InChI is InChI=1S/C26H35N5O5/c1-4-6-8-14-29(21-22(27)30(13-7-5-2)26(36)28-23(21)33)20(32)10-9-15-31-24(34)18-12-11-17(3)16-19(18)25(31)35/h11-12,16H,4-10,13-15,27H2,1-3H3,(H,28,33,36). The highest BCUT2D eigenvalue weighted by molar-refractivity contribution is 6.21. The number of H-pyrrole nitrogens is 1. The van der Waals surface area contributed by atoms with Gasteiger partial charge in [-0.1, -0.05) is 44.7 Å². The molecular formula is C26H35N5O5. The first kappa shape index (κ1) is 26.9. The van der Waals surface area contributed by atoms with Crippen LogP contribution in [0.4, 0.5) is 11.5 Å². The zero-order valence-electron chi connectivity index (χ0n) is 21.3. The Balaban J connectivity index is 1.78. The normalized spacial score (nSPS) is 12.8. The summed E-state index contributed by atoms with van der Waals surface area (Å²) >= 11 is 0. The maximum Gasteiger partial charge on any atom is 0.330 e. The third-order valence-corrected chi connectivity index (χ3v) is 6.40. The maximum atomic E-state index is 13.3. The van der Waals surface area contributed by atoms with Crippen molar-refractivity contribution in [1.82, 2.24) is 14.5 Å². The van der Waals surface area contributed by atoms with Crippen molar-refractivity contribution in [3.8, 4) is 0 Å². The minimum absolute atomic E-state index is 0.00548. The largest absolute Gasteiger partial charge is 0.383 e. The van der Waals surface area contributed by atoms with E-state index in [9.17, 15) is 24.0 Å². The third kappa shape index (κ3) is 5.58. The first-order valence-corrected chi connectivity index (χ1v) is 12.6. The second kappa shape index (κ2) is 11.8. The van der Waals surface area contributed by atoms with Crippen molar-refractivity contribution in [2.75, 3.05) is 23.7 Å². The number of nitrogen functional groups attached to an aromatic ring is 1. The van der Waals surface area contributed by atoms with Crippen LogP contribution >= 0.6 is 0 Å². The number of benzene rings is 1. The molecule has 3 N–H and O–H groups in total. The summed E-state index contributed by atoms with van der Waals surface area (Å²) in [5, 5.41) is 0. The number of aromatic amines is 1. The summed E-state index contributed by atoms with van der Waals surface area (Å²) in [5.74, 6) is -1.12. The number of unbranched alkanes of at least 4 members (excludes halogenated alkanes) is 3. The molecule has 1 aromatic heterocycles. The predicted octanol–water partition coefficient (Wildman–Crippen LogP) is 2.83. The Morgan fingerprint density at radius 3 is 2.33 bits per heavy atom. The predicted molar refractivity (Wildman–Crippen MR) is 138 cm³/mol. The van der Waals surface area contributed by atoms with Gasteiger partial charge in [-0.25, -0.2) is 4.79 Å². The molecule has 0 radical (unpaired) electrons. The van der Waals surface area contributed by atoms with Crippen molar-refractivity contribution in [1.29, 1.82) is 0 Å². The average molecular weight is 498 g/mol. The van der Waals surface area contributed by atoms with E-state index >= 15 is 0 Å². The van der Waals surface area contributed by atoms with E-state index in [1.807, 2.05) is 20.8 Å². The summed E-state index contributed by atoms with van der Waals surface area (Å²) in [7, 11) is 0. The molecule has 0 aliphatic carbocycles. The molecule has 10 heteroatoms. The minimum Gasteiger partial charge on any atom is -0.383 e. The molecule has 0 spiro atoms. The lowest BCUT2D eigenvalue weighted by Crippen LogP contribution is -2.42. The van der Waals surface area contributed by atoms with E-state index in [2.05, 4.69) is 4.98 Å². The second-order valence-electron chi connectivity index (χ2n) is 9.17. The summed E-state index contributed by atoms with van der Waals surface area (Å²) in [6, 6.07) is 5.12. The number of nitrogens with one attached hydrogen (secondary N) is 1. The summed E-state index contributed by atoms with van der Waals surface area (Å²) < 4.78 is 1.29. The Kier molecular flexibility index (Phi) is 8.84. The molecular weight excluding hydrogens is 462 g/mol. The number of carbonyl (C=O) groups is 3. The number of amides is 3. The third-order valence-electron chi connectivity index (χ3n) is 6.40. The molecule has 2 heterocycles. The van der Waals surface area contributed by atoms with E-state index in [0.29, 0.717) is 30.5 Å². The van der Waals surface area contributed by atoms with Crippen LogP contribution in [0.25, 0.3) is 0 Å². The first-order chi connectivity index (χ1) is 17.2. The van der Waals surface area contributed by atoms with Gasteiger partial charge in [-0.2, -0.15) is 0 Å². The van der Waals surface area contributed by atoms with Gasteiger partial charge < -0.3 is 10.6 Å². The van der Waals surface area contributed by atoms with Crippen molar-refractivity contribution in [3.63, 3.8) is 0 Å². The molecule has 0 saturated carbocycles. The van der Waals surface area contributed by atoms with E-state index in [0.717, 1.165) is 29.7 Å². The van der Waals surface area contributed by atoms with Gasteiger partial charge >= 0.3 is 5.69 Å². The lowest BCUT2D eigenvalue weighted by molar-refractivity contribution is -0.118. The SMILES string of the molecule is CCCCCN(C(=O)CCCN1C(=O)c2ccc(C)cc2C1=O)c1c(N)n(CCCC)c(=O)[nH]c1=O. The van der Waals surface area contributed by atoms with Crippen LogP contribution in [-0.2, 0) is 11.3 Å². The Labute approximate surface area is 210 Å². The van der Waals surface area contributed by atoms with Crippen molar-refractivity contribution >= 4 is 29.2 Å². The zero-order valence-corrected chi connectivity index (χ0v) is 21.3. The lowest BCUT2D eigenvalue weighted by Gasteiger charge is -2.25. The highest BCUT2D eigenvalue weighted by Crippen LogP contribution is 2.25. The Morgan fingerprint density at radius 1 is 0.944 bits per heavy atom. The van der Waals surface area contributed by atoms with Crippen LogP contribution in [0.2, 0.25) is 0 Å². The maximum absolute atomic E-state index is 13.3. The molecule has 2 aromatic rings. The first-order valence-electron chi connectivity index (χ1n) is 12.6. The summed E-state index contributed by atoms with van der Waals surface area (Å²) in [6.45, 7) is 6.55. The number of imide groups is 1. The highest BCUT2D eigenvalue weighted by atomic mass is 16.2. The Morgan fingerprint density at radius 2 is 1.64 bits per heavy atom. The van der Waals surface area contributed by atoms with E-state index in [1.165, 1.54) is 9.47 Å². The van der Waals surface area contributed by atoms with Crippen LogP contribution in [0, 0.1) is 6.92 Å². The van der Waals surface area contributed by atoms with Crippen LogP contribution < -0.4 is 21.9 Å². The second-order valence-corrected chi connectivity index (χ2v) is 9.17. The number of nitrogens with two attached hydrogens (primary N) is 1. The molecule has 0 unspecified atom stereocenters. The number of hydrogen-bond acceptors (Lipinski definition) is 6. The molecule has 0 bridgehead atoms. The van der Waals surface area contributed by atoms with Gasteiger partial charge in [0.25, 0.3) is 17.4 Å². The molecule has 0 fully saturated rings. The van der Waals surface area contributed by atoms with Gasteiger partial charge in [-0.15, -0.1) is 0 Å². The minimum atomic E-state index is -0.703. The molecule has 1 aromatic carbocycles. The van der Waals surface area contributed by atoms with Gasteiger partial charge in [0, 0.05) is 26.1 Å². The lowest BCUT2D eigenvalue weighted by atomic mass is 10.1. The number of hydrogen-bond donors (Lipinski definition) is 2. The van der Waals surface area contributed by atoms with Crippen LogP contribution in [0.15, 0.2) is 27.8 Å². The van der Waals surface area contributed by atoms with E-state index in [1.54, 1.807) is 18.2 Å². The van der Waals surface area contributed by atoms with Gasteiger partial charge in [0.05, 0.1) is 11.1 Å². The summed E-state index contributed by atoms with van der Waals surface area (Å²) in [4.78, 5) is 68.6. The van der Waals surface area contributed by atoms with Gasteiger partial charge in [0.2, 0.25) is 5.91 Å². The number of anilines is 2. The number of rotatable bonds is 12. The molecule has 36 heavy (non-hydrogen) atoms. The monoisotopic (exact) mass is 497 g/mol. The molecule has 194 valence electrons. The fourth-order valence-corrected chi connectivity index (χ4v) is 4.39. The molecule has 1 aliphatic rings. The Bertz CT molecular complexity index is 1260. The van der Waals surface area contributed by atoms with E-state index < -0.39 is 11.2 Å². The van der Waals surface area contributed by atoms with Gasteiger partial charge in [-0.05, 0) is 38.3 Å². The molecule has 0 atom stereocenters. The zero-order chi connectivity index (χ0) is 26.4. The van der Waals surface area contributed by atoms with Crippen LogP contribution in [0.5, 0.6) is 0 Å². The fourth-order valence-electron chi connectivity index (χ4n) is 4.39. The number of nitrogens with zero attached hydrogens (tertiary/aromatic N) is 3. The fraction of sp³-hybridized carbons (Fsp3) is 0.500. The molecule has 3 amide bonds. The van der Waals surface area contributed by atoms with Crippen LogP contribution in [-0.4, -0.2) is 45.3 Å². The van der Waals surface area contributed by atoms with Crippen molar-refractivity contribution in [2.24, 2.45) is 0 Å². The van der Waals surface area contributed by atoms with Crippen molar-refractivity contribution in [3.05, 3.63) is 55.7 Å². The molecule has 0 saturated heterocycles. The van der Waals surface area contributed by atoms with Gasteiger partial charge in [0.15, 0.2) is 5.69 Å². The molecule has 1 aliphatic heterocycles. The average Bonchev–Trinajstić information content (AvgIpc) is 3.06.